The molecule has 0 saturated heterocycles. The first-order chi connectivity index (χ1) is 28.4. The van der Waals surface area contributed by atoms with Gasteiger partial charge in [0.05, 0.1) is 45.6 Å². The van der Waals surface area contributed by atoms with Crippen molar-refractivity contribution in [3.63, 3.8) is 0 Å². The van der Waals surface area contributed by atoms with Crippen LogP contribution in [0.15, 0.2) is 152 Å². The standard InChI is InChI=1S/C54H47BrN4/c1-29-22-32(4)48(33(5)23-29)52-42-16-14-40(56-42)51(39-12-10-38(28-55)11-13-39)41-15-17-43(57-41)53(49-34(6)24-30(2)25-35(49)7)45-19-21-47(59-45)54(46-20-18-44(52)58-46)50-36(8)26-31(3)27-37(50)9/h10-27H,28H2,1-9H3. The molecule has 0 fully saturated rings. The zero-order valence-electron chi connectivity index (χ0n) is 35.3. The molecule has 4 nitrogen and oxygen atoms in total. The van der Waals surface area contributed by atoms with E-state index in [-0.39, 0.29) is 0 Å². The number of rotatable bonds is 5. The van der Waals surface area contributed by atoms with Gasteiger partial charge in [-0.1, -0.05) is 93.3 Å². The summed E-state index contributed by atoms with van der Waals surface area (Å²) < 4.78 is 0. The van der Waals surface area contributed by atoms with Gasteiger partial charge in [0, 0.05) is 27.6 Å². The third-order valence-electron chi connectivity index (χ3n) is 11.8. The average Bonchev–Trinajstić information content (AvgIpc) is 4.02. The average molecular weight is 832 g/mol. The van der Waals surface area contributed by atoms with E-state index in [4.69, 9.17) is 20.0 Å². The Labute approximate surface area is 356 Å². The van der Waals surface area contributed by atoms with Crippen LogP contribution in [-0.4, -0.2) is 22.8 Å². The number of aliphatic imine (C=N–C) groups is 4. The topological polar surface area (TPSA) is 49.4 Å². The first-order valence-electron chi connectivity index (χ1n) is 20.3. The first-order valence-corrected chi connectivity index (χ1v) is 21.5. The smallest absolute Gasteiger partial charge is 0.0738 e. The first kappa shape index (κ1) is 38.5. The van der Waals surface area contributed by atoms with Crippen molar-refractivity contribution in [3.8, 4) is 0 Å². The number of aryl methyl sites for hydroxylation is 9. The minimum absolute atomic E-state index is 0.784. The van der Waals surface area contributed by atoms with E-state index in [1.165, 1.54) is 55.6 Å². The normalized spacial score (nSPS) is 16.9. The molecular formula is C54H47BrN4. The summed E-state index contributed by atoms with van der Waals surface area (Å²) in [5.74, 6) is 0. The molecule has 0 atom stereocenters. The molecule has 290 valence electrons. The van der Waals surface area contributed by atoms with Gasteiger partial charge in [0.15, 0.2) is 0 Å². The SMILES string of the molecule is Cc1cc(C)c(C2=C3C=CC(=N3)C(c3ccc(CBr)cc3)=C3C=CC(=N3)C(c3c(C)cc(C)cc3C)=C3C=CC(=N3)C(c3c(C)cc(C)cc3C)=C3C=CC2=N3)c(C)c1. The molecule has 5 heterocycles. The molecule has 8 bridgehead atoms. The summed E-state index contributed by atoms with van der Waals surface area (Å²) in [6.45, 7) is 19.7. The maximum atomic E-state index is 5.57. The Hall–Kier alpha value is -6.04. The Kier molecular flexibility index (Phi) is 9.76. The van der Waals surface area contributed by atoms with E-state index >= 15 is 0 Å². The molecule has 4 aromatic rings. The number of hydrogen-bond acceptors (Lipinski definition) is 4. The fraction of sp³-hybridized carbons (Fsp3) is 0.185. The van der Waals surface area contributed by atoms with Crippen molar-refractivity contribution >= 4 is 61.1 Å². The lowest BCUT2D eigenvalue weighted by molar-refractivity contribution is 1.28. The molecule has 0 radical (unpaired) electrons. The minimum Gasteiger partial charge on any atom is -0.248 e. The van der Waals surface area contributed by atoms with Gasteiger partial charge in [-0.05, 0) is 172 Å². The molecule has 0 spiro atoms. The lowest BCUT2D eigenvalue weighted by Crippen LogP contribution is -2.07. The maximum absolute atomic E-state index is 5.57. The van der Waals surface area contributed by atoms with Crippen molar-refractivity contribution in [2.45, 2.75) is 67.6 Å². The van der Waals surface area contributed by atoms with Crippen molar-refractivity contribution in [1.82, 2.24) is 0 Å². The second-order valence-corrected chi connectivity index (χ2v) is 17.1. The van der Waals surface area contributed by atoms with E-state index in [2.05, 4.69) is 188 Å². The van der Waals surface area contributed by atoms with Crippen LogP contribution in [0.1, 0.15) is 77.9 Å². The molecule has 59 heavy (non-hydrogen) atoms. The Morgan fingerprint density at radius 2 is 0.627 bits per heavy atom. The van der Waals surface area contributed by atoms with Gasteiger partial charge in [0.2, 0.25) is 0 Å². The molecule has 5 aliphatic rings. The van der Waals surface area contributed by atoms with E-state index in [1.54, 1.807) is 0 Å². The molecule has 4 aromatic carbocycles. The van der Waals surface area contributed by atoms with Crippen LogP contribution in [0, 0.1) is 62.3 Å². The summed E-state index contributed by atoms with van der Waals surface area (Å²) in [4.78, 5) is 22.2. The quantitative estimate of drug-likeness (QED) is 0.180. The fourth-order valence-electron chi connectivity index (χ4n) is 9.64. The second-order valence-electron chi connectivity index (χ2n) is 16.5. The highest BCUT2D eigenvalue weighted by atomic mass is 79.9. The van der Waals surface area contributed by atoms with E-state index in [1.807, 2.05) is 0 Å². The van der Waals surface area contributed by atoms with E-state index in [0.29, 0.717) is 0 Å². The van der Waals surface area contributed by atoms with Crippen molar-refractivity contribution < 1.29 is 0 Å². The lowest BCUT2D eigenvalue weighted by Gasteiger charge is -2.18. The number of hydrogen-bond donors (Lipinski definition) is 0. The number of fused-ring (bicyclic) bond motifs is 4. The Morgan fingerprint density at radius 3 is 0.915 bits per heavy atom. The summed E-state index contributed by atoms with van der Waals surface area (Å²) in [6.07, 6.45) is 17.3. The highest BCUT2D eigenvalue weighted by molar-refractivity contribution is 9.08. The van der Waals surface area contributed by atoms with Gasteiger partial charge in [0.1, 0.15) is 0 Å². The molecule has 0 N–H and O–H groups in total. The molecular weight excluding hydrogens is 785 g/mol. The van der Waals surface area contributed by atoms with Gasteiger partial charge in [-0.15, -0.1) is 0 Å². The van der Waals surface area contributed by atoms with Crippen LogP contribution in [-0.2, 0) is 5.33 Å². The second kappa shape index (κ2) is 15.0. The largest absolute Gasteiger partial charge is 0.248 e. The van der Waals surface area contributed by atoms with Crippen LogP contribution in [0.5, 0.6) is 0 Å². The fourth-order valence-corrected chi connectivity index (χ4v) is 10.0. The van der Waals surface area contributed by atoms with Gasteiger partial charge >= 0.3 is 0 Å². The molecule has 9 rings (SSSR count). The van der Waals surface area contributed by atoms with Crippen molar-refractivity contribution in [1.29, 1.82) is 0 Å². The molecule has 0 unspecified atom stereocenters. The molecule has 0 aliphatic carbocycles. The highest BCUT2D eigenvalue weighted by Crippen LogP contribution is 2.41. The summed E-state index contributed by atoms with van der Waals surface area (Å²) in [5, 5.41) is 0.784. The van der Waals surface area contributed by atoms with E-state index in [0.717, 1.165) is 95.5 Å². The third kappa shape index (κ3) is 6.81. The highest BCUT2D eigenvalue weighted by Gasteiger charge is 2.30. The predicted molar refractivity (Wildman–Crippen MR) is 255 cm³/mol. The zero-order valence-corrected chi connectivity index (χ0v) is 36.9. The summed E-state index contributed by atoms with van der Waals surface area (Å²) >= 11 is 3.65. The number of halogens is 1. The zero-order chi connectivity index (χ0) is 41.3. The Morgan fingerprint density at radius 1 is 0.356 bits per heavy atom. The van der Waals surface area contributed by atoms with Crippen LogP contribution in [0.25, 0.3) is 22.3 Å². The van der Waals surface area contributed by atoms with Crippen LogP contribution in [0.2, 0.25) is 0 Å². The van der Waals surface area contributed by atoms with E-state index < -0.39 is 0 Å². The molecule has 0 saturated carbocycles. The molecule has 0 amide bonds. The summed E-state index contributed by atoms with van der Waals surface area (Å²) in [5.41, 5.74) is 27.7. The number of nitrogens with zero attached hydrogens (tertiary/aromatic N) is 4. The van der Waals surface area contributed by atoms with Gasteiger partial charge in [-0.2, -0.15) is 0 Å². The van der Waals surface area contributed by atoms with Crippen molar-refractivity contribution in [2.75, 3.05) is 0 Å². The number of benzene rings is 4. The summed E-state index contributed by atoms with van der Waals surface area (Å²) in [6, 6.07) is 22.3. The maximum Gasteiger partial charge on any atom is 0.0738 e. The van der Waals surface area contributed by atoms with Crippen LogP contribution < -0.4 is 0 Å². The third-order valence-corrected chi connectivity index (χ3v) is 12.4. The van der Waals surface area contributed by atoms with Crippen LogP contribution >= 0.6 is 15.9 Å². The predicted octanol–water partition coefficient (Wildman–Crippen LogP) is 13.4. The number of allylic oxidation sites excluding steroid dienone is 12. The lowest BCUT2D eigenvalue weighted by atomic mass is 9.89. The molecule has 5 aliphatic heterocycles. The van der Waals surface area contributed by atoms with Gasteiger partial charge < -0.3 is 0 Å². The van der Waals surface area contributed by atoms with Gasteiger partial charge in [-0.3, -0.25) is 0 Å². The Balaban J connectivity index is 1.42. The van der Waals surface area contributed by atoms with Crippen molar-refractivity contribution in [2.24, 2.45) is 20.0 Å². The van der Waals surface area contributed by atoms with Crippen LogP contribution in [0.4, 0.5) is 0 Å². The van der Waals surface area contributed by atoms with Gasteiger partial charge in [0.25, 0.3) is 0 Å². The molecule has 5 heteroatoms. The van der Waals surface area contributed by atoms with Crippen molar-refractivity contribution in [3.05, 3.63) is 210 Å². The molecule has 0 aromatic heterocycles. The van der Waals surface area contributed by atoms with Gasteiger partial charge in [-0.25, -0.2) is 20.0 Å². The monoisotopic (exact) mass is 830 g/mol. The Bertz CT molecular complexity index is 2830. The van der Waals surface area contributed by atoms with E-state index in [9.17, 15) is 0 Å². The summed E-state index contributed by atoms with van der Waals surface area (Å²) in [7, 11) is 0. The minimum atomic E-state index is 0.784. The van der Waals surface area contributed by atoms with Crippen LogP contribution in [0.3, 0.4) is 0 Å². The number of alkyl halides is 1.